The maximum Gasteiger partial charge on any atom is 0.293 e. The summed E-state index contributed by atoms with van der Waals surface area (Å²) in [5.41, 5.74) is 1.44. The zero-order valence-electron chi connectivity index (χ0n) is 14.3. The molecule has 0 heterocycles. The smallest absolute Gasteiger partial charge is 0.293 e. The number of carbonyl (C=O) groups excluding carboxylic acids is 2. The molecule has 1 saturated carbocycles. The van der Waals surface area contributed by atoms with Gasteiger partial charge in [0.05, 0.1) is 18.5 Å². The van der Waals surface area contributed by atoms with Crippen LogP contribution in [0.25, 0.3) is 0 Å². The third-order valence-electron chi connectivity index (χ3n) is 6.01. The second-order valence-electron chi connectivity index (χ2n) is 7.49. The van der Waals surface area contributed by atoms with Crippen molar-refractivity contribution in [3.05, 3.63) is 29.3 Å². The molecule has 4 atom stereocenters. The van der Waals surface area contributed by atoms with Crippen molar-refractivity contribution in [3.8, 4) is 5.75 Å². The summed E-state index contributed by atoms with van der Waals surface area (Å²) in [6.07, 6.45) is 2.98. The van der Waals surface area contributed by atoms with E-state index in [-0.39, 0.29) is 27.4 Å². The van der Waals surface area contributed by atoms with Crippen LogP contribution in [-0.2, 0) is 14.9 Å². The highest BCUT2D eigenvalue weighted by Crippen LogP contribution is 2.59. The van der Waals surface area contributed by atoms with E-state index in [1.165, 1.54) is 0 Å². The van der Waals surface area contributed by atoms with Gasteiger partial charge in [0, 0.05) is 11.0 Å². The third-order valence-corrected chi connectivity index (χ3v) is 6.96. The molecule has 1 unspecified atom stereocenters. The van der Waals surface area contributed by atoms with Gasteiger partial charge in [-0.3, -0.25) is 9.59 Å². The lowest BCUT2D eigenvalue weighted by molar-refractivity contribution is -0.135. The zero-order valence-corrected chi connectivity index (χ0v) is 15.9. The molecule has 1 aromatic rings. The Hall–Kier alpha value is -1.36. The summed E-state index contributed by atoms with van der Waals surface area (Å²) >= 11 is 3.68. The average Bonchev–Trinajstić information content (AvgIpc) is 2.57. The second-order valence-corrected chi connectivity index (χ2v) is 8.47. The van der Waals surface area contributed by atoms with Crippen LogP contribution in [0.15, 0.2) is 18.2 Å². The molecule has 0 spiro atoms. The second kappa shape index (κ2) is 6.17. The van der Waals surface area contributed by atoms with Crippen molar-refractivity contribution < 1.29 is 19.1 Å². The van der Waals surface area contributed by atoms with Gasteiger partial charge in [-0.15, -0.1) is 0 Å². The molecule has 5 heteroatoms. The van der Waals surface area contributed by atoms with E-state index in [0.717, 1.165) is 36.1 Å². The van der Waals surface area contributed by atoms with Crippen LogP contribution in [0.4, 0.5) is 0 Å². The van der Waals surface area contributed by atoms with E-state index in [9.17, 15) is 9.59 Å². The summed E-state index contributed by atoms with van der Waals surface area (Å²) in [6.45, 7) is 5.20. The maximum atomic E-state index is 13.0. The lowest BCUT2D eigenvalue weighted by Gasteiger charge is -2.56. The molecule has 0 N–H and O–H groups in total. The largest absolute Gasteiger partial charge is 0.497 e. The Bertz CT molecular complexity index is 673. The highest BCUT2D eigenvalue weighted by molar-refractivity contribution is 9.10. The molecule has 1 aromatic carbocycles. The van der Waals surface area contributed by atoms with Gasteiger partial charge in [-0.1, -0.05) is 36.2 Å². The molecular formula is C19H23BrO4. The first-order valence-electron chi connectivity index (χ1n) is 8.29. The summed E-state index contributed by atoms with van der Waals surface area (Å²) in [4.78, 5) is 23.4. The summed E-state index contributed by atoms with van der Waals surface area (Å²) in [7, 11) is 1.64. The van der Waals surface area contributed by atoms with Crippen LogP contribution in [0.1, 0.15) is 49.0 Å². The standard InChI is InChI=1S/C19H23BrO4/c1-18(10-24-11-21)7-4-8-19(2)14-9-12(23-3)5-6-13(14)16(22)15(20)17(18)19/h5-6,9,11,15,17H,4,7-8,10H2,1-3H3/t15-,17?,18+,19+/m0/s1. The molecular weight excluding hydrogens is 372 g/mol. The van der Waals surface area contributed by atoms with Crippen molar-refractivity contribution >= 4 is 28.2 Å². The van der Waals surface area contributed by atoms with Gasteiger partial charge in [-0.05, 0) is 47.9 Å². The molecule has 0 bridgehead atoms. The molecule has 1 fully saturated rings. The Labute approximate surface area is 151 Å². The van der Waals surface area contributed by atoms with E-state index >= 15 is 0 Å². The van der Waals surface area contributed by atoms with Gasteiger partial charge >= 0.3 is 0 Å². The lowest BCUT2D eigenvalue weighted by atomic mass is 9.49. The molecule has 0 aromatic heterocycles. The Kier molecular flexibility index (Phi) is 4.49. The third kappa shape index (κ3) is 2.48. The van der Waals surface area contributed by atoms with Crippen molar-refractivity contribution in [2.24, 2.45) is 11.3 Å². The number of hydrogen-bond acceptors (Lipinski definition) is 4. The van der Waals surface area contributed by atoms with Gasteiger partial charge in [-0.25, -0.2) is 0 Å². The van der Waals surface area contributed by atoms with Gasteiger partial charge in [0.2, 0.25) is 0 Å². The number of Topliss-reactive ketones (excluding diaryl/α,β-unsaturated/α-hetero) is 1. The van der Waals surface area contributed by atoms with E-state index in [4.69, 9.17) is 9.47 Å². The Balaban J connectivity index is 2.15. The van der Waals surface area contributed by atoms with E-state index < -0.39 is 0 Å². The van der Waals surface area contributed by atoms with Gasteiger partial charge in [0.1, 0.15) is 5.75 Å². The molecule has 3 rings (SSSR count). The average molecular weight is 395 g/mol. The van der Waals surface area contributed by atoms with Gasteiger partial charge in [0.25, 0.3) is 6.47 Å². The Morgan fingerprint density at radius 1 is 1.33 bits per heavy atom. The van der Waals surface area contributed by atoms with Gasteiger partial charge < -0.3 is 9.47 Å². The normalized spacial score (nSPS) is 34.9. The minimum atomic E-state index is -0.274. The summed E-state index contributed by atoms with van der Waals surface area (Å²) in [5.74, 6) is 0.936. The van der Waals surface area contributed by atoms with Crippen LogP contribution in [0.3, 0.4) is 0 Å². The molecule has 130 valence electrons. The maximum absolute atomic E-state index is 13.0. The summed E-state index contributed by atoms with van der Waals surface area (Å²) < 4.78 is 10.5. The first kappa shape index (κ1) is 17.5. The number of halogens is 1. The SMILES string of the molecule is COc1ccc2c(c1)[C@@]1(C)CCC[C@](C)(COC=O)C1[C@@H](Br)C2=O. The summed E-state index contributed by atoms with van der Waals surface area (Å²) in [5, 5.41) is 0. The number of fused-ring (bicyclic) bond motifs is 3. The van der Waals surface area contributed by atoms with Crippen molar-refractivity contribution in [1.82, 2.24) is 0 Å². The Morgan fingerprint density at radius 2 is 2.08 bits per heavy atom. The van der Waals surface area contributed by atoms with E-state index in [1.54, 1.807) is 7.11 Å². The first-order chi connectivity index (χ1) is 11.4. The Morgan fingerprint density at radius 3 is 2.75 bits per heavy atom. The van der Waals surface area contributed by atoms with Crippen molar-refractivity contribution in [1.29, 1.82) is 0 Å². The van der Waals surface area contributed by atoms with Gasteiger partial charge in [0.15, 0.2) is 5.78 Å². The quantitative estimate of drug-likeness (QED) is 0.573. The van der Waals surface area contributed by atoms with Crippen molar-refractivity contribution in [2.45, 2.75) is 43.4 Å². The number of ether oxygens (including phenoxy) is 2. The minimum Gasteiger partial charge on any atom is -0.497 e. The summed E-state index contributed by atoms with van der Waals surface area (Å²) in [6, 6.07) is 5.73. The fraction of sp³-hybridized carbons (Fsp3) is 0.579. The minimum absolute atomic E-state index is 0.0609. The molecule has 2 aliphatic carbocycles. The lowest BCUT2D eigenvalue weighted by Crippen LogP contribution is -2.57. The zero-order chi connectivity index (χ0) is 17.5. The number of rotatable bonds is 4. The molecule has 2 aliphatic rings. The van der Waals surface area contributed by atoms with E-state index in [1.807, 2.05) is 18.2 Å². The number of ketones is 1. The van der Waals surface area contributed by atoms with Crippen LogP contribution in [0, 0.1) is 11.3 Å². The molecule has 0 saturated heterocycles. The number of carbonyl (C=O) groups is 2. The molecule has 0 aliphatic heterocycles. The molecule has 0 radical (unpaired) electrons. The highest BCUT2D eigenvalue weighted by atomic mass is 79.9. The fourth-order valence-corrected chi connectivity index (χ4v) is 6.41. The number of hydrogen-bond donors (Lipinski definition) is 0. The number of alkyl halides is 1. The van der Waals surface area contributed by atoms with Crippen LogP contribution in [0.2, 0.25) is 0 Å². The van der Waals surface area contributed by atoms with Crippen LogP contribution >= 0.6 is 15.9 Å². The topological polar surface area (TPSA) is 52.6 Å². The predicted octanol–water partition coefficient (Wildman–Crippen LogP) is 3.89. The van der Waals surface area contributed by atoms with Crippen LogP contribution in [-0.4, -0.2) is 30.8 Å². The van der Waals surface area contributed by atoms with E-state index in [0.29, 0.717) is 13.1 Å². The molecule has 24 heavy (non-hydrogen) atoms. The monoisotopic (exact) mass is 394 g/mol. The molecule has 4 nitrogen and oxygen atoms in total. The fourth-order valence-electron chi connectivity index (χ4n) is 4.94. The predicted molar refractivity (Wildman–Crippen MR) is 94.9 cm³/mol. The molecule has 0 amide bonds. The van der Waals surface area contributed by atoms with Crippen molar-refractivity contribution in [3.63, 3.8) is 0 Å². The van der Waals surface area contributed by atoms with Crippen molar-refractivity contribution in [2.75, 3.05) is 13.7 Å². The highest BCUT2D eigenvalue weighted by Gasteiger charge is 2.58. The van der Waals surface area contributed by atoms with Gasteiger partial charge in [-0.2, -0.15) is 0 Å². The first-order valence-corrected chi connectivity index (χ1v) is 9.21. The van der Waals surface area contributed by atoms with Crippen LogP contribution in [0.5, 0.6) is 5.75 Å². The number of methoxy groups -OCH3 is 1. The number of benzene rings is 1. The van der Waals surface area contributed by atoms with E-state index in [2.05, 4.69) is 29.8 Å². The van der Waals surface area contributed by atoms with Crippen LogP contribution < -0.4 is 4.74 Å².